The Hall–Kier alpha value is -0.872. The third-order valence-corrected chi connectivity index (χ3v) is 1.86. The summed E-state index contributed by atoms with van der Waals surface area (Å²) >= 11 is 0. The molecule has 0 aromatic heterocycles. The minimum atomic E-state index is 0. The summed E-state index contributed by atoms with van der Waals surface area (Å²) in [5.41, 5.74) is 1.41. The van der Waals surface area contributed by atoms with Crippen LogP contribution in [0.3, 0.4) is 0 Å². The van der Waals surface area contributed by atoms with E-state index in [1.165, 1.54) is 12.0 Å². The number of rotatable bonds is 1. The molecule has 0 bridgehead atoms. The monoisotopic (exact) mass is 486 g/mol. The first-order valence-corrected chi connectivity index (χ1v) is 8.30. The van der Waals surface area contributed by atoms with Gasteiger partial charge in [0.15, 0.2) is 0 Å². The molecule has 0 fully saturated rings. The van der Waals surface area contributed by atoms with E-state index in [1.807, 2.05) is 64.1 Å². The Morgan fingerprint density at radius 2 is 1.04 bits per heavy atom. The van der Waals surface area contributed by atoms with Gasteiger partial charge in [-0.15, -0.1) is 0 Å². The Kier molecular flexibility index (Phi) is 54.8. The fourth-order valence-corrected chi connectivity index (χ4v) is 1.06. The second-order valence-electron chi connectivity index (χ2n) is 3.62. The Bertz CT molecular complexity index is 303. The molecule has 0 radical (unpaired) electrons. The van der Waals surface area contributed by atoms with Gasteiger partial charge in [0.2, 0.25) is 0 Å². The van der Waals surface area contributed by atoms with Crippen molar-refractivity contribution < 1.29 is 21.1 Å². The molecular formula is C22H38W. The van der Waals surface area contributed by atoms with Crippen molar-refractivity contribution in [1.29, 1.82) is 0 Å². The fourth-order valence-electron chi connectivity index (χ4n) is 1.06. The van der Waals surface area contributed by atoms with E-state index in [0.717, 1.165) is 6.42 Å². The van der Waals surface area contributed by atoms with Gasteiger partial charge in [0, 0.05) is 0 Å². The van der Waals surface area contributed by atoms with Crippen LogP contribution >= 0.6 is 0 Å². The number of hydrogen-bond donors (Lipinski definition) is 0. The van der Waals surface area contributed by atoms with Crippen LogP contribution in [0.15, 0.2) is 60.7 Å². The van der Waals surface area contributed by atoms with Crippen LogP contribution in [-0.2, 0) is 27.5 Å². The van der Waals surface area contributed by atoms with Gasteiger partial charge >= 0.3 is 21.1 Å². The van der Waals surface area contributed by atoms with Crippen LogP contribution in [0.4, 0.5) is 0 Å². The van der Waals surface area contributed by atoms with E-state index in [4.69, 9.17) is 0 Å². The topological polar surface area (TPSA) is 0 Å². The zero-order chi connectivity index (χ0) is 16.8. The first kappa shape index (κ1) is 33.7. The minimum absolute atomic E-state index is 0. The predicted molar refractivity (Wildman–Crippen MR) is 106 cm³/mol. The minimum Gasteiger partial charge on any atom is -0.358 e. The quantitative estimate of drug-likeness (QED) is 0.363. The van der Waals surface area contributed by atoms with Crippen LogP contribution < -0.4 is 0 Å². The van der Waals surface area contributed by atoms with Crippen LogP contribution in [0.1, 0.15) is 60.5 Å². The van der Waals surface area contributed by atoms with Crippen molar-refractivity contribution >= 4 is 0 Å². The van der Waals surface area contributed by atoms with Crippen molar-refractivity contribution in [3.8, 4) is 0 Å². The van der Waals surface area contributed by atoms with Crippen molar-refractivity contribution in [1.82, 2.24) is 0 Å². The van der Waals surface area contributed by atoms with E-state index in [9.17, 15) is 0 Å². The number of benzene rings is 2. The van der Waals surface area contributed by atoms with Gasteiger partial charge in [0.1, 0.15) is 0 Å². The molecule has 1 heteroatoms. The average molecular weight is 486 g/mol. The maximum absolute atomic E-state index is 2.89. The SMILES string of the molecule is CC.CC.CCC.CCc1ccccc1.[CH3-].[W+2].[c-]1ccccc1. The van der Waals surface area contributed by atoms with E-state index in [0.29, 0.717) is 0 Å². The first-order valence-electron chi connectivity index (χ1n) is 8.30. The smallest absolute Gasteiger partial charge is 0.358 e. The van der Waals surface area contributed by atoms with E-state index in [-0.39, 0.29) is 28.5 Å². The Labute approximate surface area is 162 Å². The van der Waals surface area contributed by atoms with Crippen molar-refractivity contribution in [3.05, 3.63) is 79.7 Å². The van der Waals surface area contributed by atoms with Gasteiger partial charge < -0.3 is 7.43 Å². The molecule has 0 aliphatic heterocycles. The molecule has 23 heavy (non-hydrogen) atoms. The van der Waals surface area contributed by atoms with Gasteiger partial charge in [-0.2, -0.15) is 36.4 Å². The maximum atomic E-state index is 2.89. The molecule has 0 atom stereocenters. The zero-order valence-electron chi connectivity index (χ0n) is 16.6. The second-order valence-corrected chi connectivity index (χ2v) is 3.62. The average Bonchev–Trinajstić information content (AvgIpc) is 2.62. The van der Waals surface area contributed by atoms with Crippen LogP contribution in [0, 0.1) is 13.5 Å². The Morgan fingerprint density at radius 3 is 1.22 bits per heavy atom. The number of hydrogen-bond acceptors (Lipinski definition) is 0. The molecule has 2 aromatic rings. The van der Waals surface area contributed by atoms with Gasteiger partial charge in [0.05, 0.1) is 0 Å². The summed E-state index contributed by atoms with van der Waals surface area (Å²) < 4.78 is 0. The molecule has 0 aliphatic carbocycles. The maximum Gasteiger partial charge on any atom is 2.00 e. The summed E-state index contributed by atoms with van der Waals surface area (Å²) in [7, 11) is 0. The molecule has 132 valence electrons. The van der Waals surface area contributed by atoms with Crippen molar-refractivity contribution in [3.63, 3.8) is 0 Å². The molecule has 2 aromatic carbocycles. The Balaban J connectivity index is -0.0000000649. The largest absolute Gasteiger partial charge is 2.00 e. The summed E-state index contributed by atoms with van der Waals surface area (Å²) in [6.07, 6.45) is 2.39. The van der Waals surface area contributed by atoms with Crippen LogP contribution in [-0.4, -0.2) is 0 Å². The normalized spacial score (nSPS) is 6.57. The molecule has 0 aliphatic rings. The molecule has 0 heterocycles. The zero-order valence-corrected chi connectivity index (χ0v) is 19.5. The molecule has 0 saturated carbocycles. The molecule has 0 saturated heterocycles. The molecule has 0 amide bonds. The molecule has 0 spiro atoms. The Morgan fingerprint density at radius 1 is 0.696 bits per heavy atom. The van der Waals surface area contributed by atoms with E-state index < -0.39 is 0 Å². The standard InChI is InChI=1S/C8H10.C6H5.C3H8.2C2H6.CH3.W/c1-2-8-6-4-3-5-7-8;1-2-4-6-5-3-1;1-3-2;2*1-2;;/h3-7H,2H2,1H3;1-5H;3H2,1-2H3;2*1-2H3;1H3;/q;-1;;;;-1;+2. The third-order valence-electron chi connectivity index (χ3n) is 1.86. The summed E-state index contributed by atoms with van der Waals surface area (Å²) in [5.74, 6) is 0. The first-order chi connectivity index (χ1) is 10.3. The van der Waals surface area contributed by atoms with Gasteiger partial charge in [-0.3, -0.25) is 0 Å². The van der Waals surface area contributed by atoms with E-state index in [2.05, 4.69) is 51.1 Å². The summed E-state index contributed by atoms with van der Waals surface area (Å²) in [6, 6.07) is 23.0. The predicted octanol–water partition coefficient (Wildman–Crippen LogP) is 7.65. The van der Waals surface area contributed by atoms with Crippen LogP contribution in [0.5, 0.6) is 0 Å². The van der Waals surface area contributed by atoms with Gasteiger partial charge in [-0.1, -0.05) is 85.2 Å². The summed E-state index contributed by atoms with van der Waals surface area (Å²) in [4.78, 5) is 0. The van der Waals surface area contributed by atoms with Gasteiger partial charge in [-0.05, 0) is 12.0 Å². The van der Waals surface area contributed by atoms with Crippen molar-refractivity contribution in [2.24, 2.45) is 0 Å². The van der Waals surface area contributed by atoms with Crippen LogP contribution in [0.2, 0.25) is 0 Å². The van der Waals surface area contributed by atoms with Gasteiger partial charge in [-0.25, -0.2) is 0 Å². The molecule has 0 N–H and O–H groups in total. The van der Waals surface area contributed by atoms with Crippen molar-refractivity contribution in [2.45, 2.75) is 61.3 Å². The summed E-state index contributed by atoms with van der Waals surface area (Å²) in [5, 5.41) is 0. The fraction of sp³-hybridized carbons (Fsp3) is 0.409. The molecule has 0 unspecified atom stereocenters. The molecule has 0 nitrogen and oxygen atoms in total. The number of aryl methyl sites for hydroxylation is 1. The van der Waals surface area contributed by atoms with Gasteiger partial charge in [0.25, 0.3) is 0 Å². The van der Waals surface area contributed by atoms with E-state index in [1.54, 1.807) is 0 Å². The molecule has 2 rings (SSSR count). The third kappa shape index (κ3) is 33.8. The summed E-state index contributed by atoms with van der Waals surface area (Å²) in [6.45, 7) is 14.4. The second kappa shape index (κ2) is 37.4. The molecular weight excluding hydrogens is 448 g/mol. The van der Waals surface area contributed by atoms with E-state index >= 15 is 0 Å². The van der Waals surface area contributed by atoms with Crippen molar-refractivity contribution in [2.75, 3.05) is 0 Å². The van der Waals surface area contributed by atoms with Crippen LogP contribution in [0.25, 0.3) is 0 Å².